The van der Waals surface area contributed by atoms with Crippen LogP contribution in [0.3, 0.4) is 0 Å². The Bertz CT molecular complexity index is 123. The molecule has 0 aromatic heterocycles. The average Bonchev–Trinajstić information content (AvgIpc) is 2.05. The molecule has 2 heteroatoms. The average molecular weight is 188 g/mol. The number of carbonyl (C=O) groups excluding carboxylic acids is 1. The number of thiol groups is 1. The van der Waals surface area contributed by atoms with Crippen LogP contribution in [0.1, 0.15) is 52.4 Å². The first-order valence-electron chi connectivity index (χ1n) is 4.92. The second-order valence-electron chi connectivity index (χ2n) is 3.35. The molecule has 0 heterocycles. The number of hydrogen-bond donors (Lipinski definition) is 1. The Hall–Kier alpha value is 0.0200. The maximum atomic E-state index is 10.6. The molecule has 0 spiro atoms. The van der Waals surface area contributed by atoms with Gasteiger partial charge in [-0.1, -0.05) is 39.5 Å². The van der Waals surface area contributed by atoms with Gasteiger partial charge in [0.05, 0.1) is 0 Å². The minimum Gasteiger partial charge on any atom is -0.288 e. The first-order valence-corrected chi connectivity index (χ1v) is 5.37. The molecule has 0 aromatic carbocycles. The second-order valence-corrected chi connectivity index (χ2v) is 3.85. The van der Waals surface area contributed by atoms with Crippen molar-refractivity contribution >= 4 is 17.7 Å². The number of rotatable bonds is 7. The molecule has 0 aliphatic heterocycles. The van der Waals surface area contributed by atoms with Crippen molar-refractivity contribution in [3.8, 4) is 0 Å². The molecule has 1 unspecified atom stereocenters. The van der Waals surface area contributed by atoms with E-state index in [1.165, 1.54) is 25.7 Å². The second kappa shape index (κ2) is 7.66. The van der Waals surface area contributed by atoms with Crippen LogP contribution in [0.5, 0.6) is 0 Å². The van der Waals surface area contributed by atoms with Gasteiger partial charge in [-0.15, -0.1) is 12.6 Å². The minimum atomic E-state index is 0.0324. The number of carbonyl (C=O) groups is 1. The third kappa shape index (κ3) is 6.71. The molecule has 0 aliphatic rings. The molecular weight excluding hydrogens is 168 g/mol. The molecule has 1 nitrogen and oxygen atoms in total. The van der Waals surface area contributed by atoms with Crippen LogP contribution in [-0.4, -0.2) is 5.12 Å². The molecule has 0 fully saturated rings. The maximum absolute atomic E-state index is 10.6. The molecule has 0 bridgehead atoms. The summed E-state index contributed by atoms with van der Waals surface area (Å²) in [5, 5.41) is 0.0324. The van der Waals surface area contributed by atoms with E-state index < -0.39 is 0 Å². The fourth-order valence-corrected chi connectivity index (χ4v) is 1.50. The van der Waals surface area contributed by atoms with Crippen LogP contribution in [0.4, 0.5) is 0 Å². The first-order chi connectivity index (χ1) is 5.70. The Kier molecular flexibility index (Phi) is 7.67. The molecule has 1 atom stereocenters. The van der Waals surface area contributed by atoms with E-state index >= 15 is 0 Å². The number of unbranched alkanes of at least 4 members (excludes halogenated alkanes) is 1. The minimum absolute atomic E-state index is 0.0324. The van der Waals surface area contributed by atoms with Gasteiger partial charge in [0, 0.05) is 6.42 Å². The molecule has 12 heavy (non-hydrogen) atoms. The molecule has 72 valence electrons. The van der Waals surface area contributed by atoms with E-state index in [0.29, 0.717) is 6.42 Å². The largest absolute Gasteiger partial charge is 0.288 e. The summed E-state index contributed by atoms with van der Waals surface area (Å²) in [4.78, 5) is 10.6. The van der Waals surface area contributed by atoms with Crippen molar-refractivity contribution in [3.05, 3.63) is 0 Å². The van der Waals surface area contributed by atoms with Crippen LogP contribution in [-0.2, 0) is 4.79 Å². The Balaban J connectivity index is 3.45. The molecule has 0 aliphatic carbocycles. The van der Waals surface area contributed by atoms with Crippen molar-refractivity contribution in [2.45, 2.75) is 52.4 Å². The lowest BCUT2D eigenvalue weighted by molar-refractivity contribution is -0.111. The predicted octanol–water partition coefficient (Wildman–Crippen LogP) is 3.44. The predicted molar refractivity (Wildman–Crippen MR) is 56.5 cm³/mol. The SMILES string of the molecule is CCCCC(CC)CCC(=O)S. The molecule has 0 rings (SSSR count). The van der Waals surface area contributed by atoms with Crippen LogP contribution >= 0.6 is 12.6 Å². The van der Waals surface area contributed by atoms with Crippen molar-refractivity contribution in [2.24, 2.45) is 5.92 Å². The van der Waals surface area contributed by atoms with E-state index in [0.717, 1.165) is 12.3 Å². The highest BCUT2D eigenvalue weighted by molar-refractivity contribution is 7.96. The van der Waals surface area contributed by atoms with Gasteiger partial charge in [0.2, 0.25) is 0 Å². The van der Waals surface area contributed by atoms with E-state index in [1.54, 1.807) is 0 Å². The van der Waals surface area contributed by atoms with Gasteiger partial charge in [0.1, 0.15) is 0 Å². The van der Waals surface area contributed by atoms with Gasteiger partial charge in [0.25, 0.3) is 0 Å². The van der Waals surface area contributed by atoms with Gasteiger partial charge < -0.3 is 0 Å². The molecule has 0 radical (unpaired) electrons. The summed E-state index contributed by atoms with van der Waals surface area (Å²) in [6.07, 6.45) is 6.68. The van der Waals surface area contributed by atoms with Crippen molar-refractivity contribution in [1.82, 2.24) is 0 Å². The normalized spacial score (nSPS) is 12.9. The van der Waals surface area contributed by atoms with Crippen LogP contribution in [0.15, 0.2) is 0 Å². The van der Waals surface area contributed by atoms with E-state index in [9.17, 15) is 4.79 Å². The summed E-state index contributed by atoms with van der Waals surface area (Å²) in [5.41, 5.74) is 0. The van der Waals surface area contributed by atoms with Crippen LogP contribution in [0, 0.1) is 5.92 Å². The van der Waals surface area contributed by atoms with E-state index in [-0.39, 0.29) is 5.12 Å². The molecule has 0 N–H and O–H groups in total. The van der Waals surface area contributed by atoms with Crippen molar-refractivity contribution in [2.75, 3.05) is 0 Å². The van der Waals surface area contributed by atoms with Crippen LogP contribution < -0.4 is 0 Å². The lowest BCUT2D eigenvalue weighted by atomic mass is 9.95. The Morgan fingerprint density at radius 3 is 2.42 bits per heavy atom. The summed E-state index contributed by atoms with van der Waals surface area (Å²) in [6, 6.07) is 0. The summed E-state index contributed by atoms with van der Waals surface area (Å²) in [7, 11) is 0. The first kappa shape index (κ1) is 12.0. The van der Waals surface area contributed by atoms with E-state index in [2.05, 4.69) is 26.5 Å². The number of hydrogen-bond acceptors (Lipinski definition) is 1. The summed E-state index contributed by atoms with van der Waals surface area (Å²) in [5.74, 6) is 0.737. The van der Waals surface area contributed by atoms with Gasteiger partial charge in [-0.05, 0) is 12.3 Å². The van der Waals surface area contributed by atoms with Gasteiger partial charge in [0.15, 0.2) is 5.12 Å². The maximum Gasteiger partial charge on any atom is 0.185 e. The topological polar surface area (TPSA) is 17.1 Å². The fourth-order valence-electron chi connectivity index (χ4n) is 1.37. The van der Waals surface area contributed by atoms with Crippen LogP contribution in [0.25, 0.3) is 0 Å². The molecule has 0 aromatic rings. The van der Waals surface area contributed by atoms with E-state index in [4.69, 9.17) is 0 Å². The Morgan fingerprint density at radius 2 is 2.00 bits per heavy atom. The van der Waals surface area contributed by atoms with Crippen molar-refractivity contribution in [1.29, 1.82) is 0 Å². The fraction of sp³-hybridized carbons (Fsp3) is 0.900. The van der Waals surface area contributed by atoms with E-state index in [1.807, 2.05) is 0 Å². The zero-order chi connectivity index (χ0) is 9.40. The highest BCUT2D eigenvalue weighted by Gasteiger charge is 2.06. The smallest absolute Gasteiger partial charge is 0.185 e. The molecule has 0 amide bonds. The zero-order valence-electron chi connectivity index (χ0n) is 8.18. The van der Waals surface area contributed by atoms with Crippen LogP contribution in [0.2, 0.25) is 0 Å². The molecular formula is C10H20OS. The van der Waals surface area contributed by atoms with Gasteiger partial charge in [-0.3, -0.25) is 4.79 Å². The lowest BCUT2D eigenvalue weighted by Gasteiger charge is -2.12. The summed E-state index contributed by atoms with van der Waals surface area (Å²) in [6.45, 7) is 4.40. The van der Waals surface area contributed by atoms with Gasteiger partial charge in [-0.2, -0.15) is 0 Å². The zero-order valence-corrected chi connectivity index (χ0v) is 9.07. The third-order valence-corrected chi connectivity index (χ3v) is 2.53. The van der Waals surface area contributed by atoms with Gasteiger partial charge in [-0.25, -0.2) is 0 Å². The van der Waals surface area contributed by atoms with Gasteiger partial charge >= 0.3 is 0 Å². The monoisotopic (exact) mass is 188 g/mol. The quantitative estimate of drug-likeness (QED) is 0.606. The Labute approximate surface area is 81.3 Å². The summed E-state index contributed by atoms with van der Waals surface area (Å²) >= 11 is 3.76. The molecule has 0 saturated heterocycles. The lowest BCUT2D eigenvalue weighted by Crippen LogP contribution is -2.01. The highest BCUT2D eigenvalue weighted by atomic mass is 32.1. The third-order valence-electron chi connectivity index (χ3n) is 2.31. The standard InChI is InChI=1S/C10H20OS/c1-3-5-6-9(4-2)7-8-10(11)12/h9H,3-8H2,1-2H3,(H,11,12). The molecule has 0 saturated carbocycles. The highest BCUT2D eigenvalue weighted by Crippen LogP contribution is 2.18. The van der Waals surface area contributed by atoms with Crippen molar-refractivity contribution < 1.29 is 4.79 Å². The summed E-state index contributed by atoms with van der Waals surface area (Å²) < 4.78 is 0. The van der Waals surface area contributed by atoms with Crippen molar-refractivity contribution in [3.63, 3.8) is 0 Å². The Morgan fingerprint density at radius 1 is 1.33 bits per heavy atom.